The van der Waals surface area contributed by atoms with Gasteiger partial charge in [0, 0.05) is 13.2 Å². The topological polar surface area (TPSA) is 18.5 Å². The molecule has 0 spiro atoms. The zero-order valence-corrected chi connectivity index (χ0v) is 21.9. The van der Waals surface area contributed by atoms with Crippen LogP contribution in [0.2, 0.25) is 0 Å². The van der Waals surface area contributed by atoms with Gasteiger partial charge in [0.05, 0.1) is 12.2 Å². The van der Waals surface area contributed by atoms with E-state index in [4.69, 9.17) is 9.47 Å². The first-order valence-electron chi connectivity index (χ1n) is 15.1. The fourth-order valence-electron chi connectivity index (χ4n) is 5.80. The van der Waals surface area contributed by atoms with Crippen molar-refractivity contribution in [3.05, 3.63) is 0 Å². The predicted molar refractivity (Wildman–Crippen MR) is 139 cm³/mol. The maximum atomic E-state index is 6.19. The van der Waals surface area contributed by atoms with Gasteiger partial charge in [0.2, 0.25) is 0 Å². The molecule has 0 heterocycles. The Balaban J connectivity index is 1.24. The van der Waals surface area contributed by atoms with Gasteiger partial charge in [0.1, 0.15) is 0 Å². The fraction of sp³-hybridized carbons (Fsp3) is 1.00. The number of hydrogen-bond donors (Lipinski definition) is 0. The molecule has 0 N–H and O–H groups in total. The van der Waals surface area contributed by atoms with E-state index in [2.05, 4.69) is 6.92 Å². The van der Waals surface area contributed by atoms with Crippen molar-refractivity contribution in [1.82, 2.24) is 0 Å². The normalized spacial score (nSPS) is 21.7. The van der Waals surface area contributed by atoms with Gasteiger partial charge >= 0.3 is 0 Å². The largest absolute Gasteiger partial charge is 0.378 e. The minimum atomic E-state index is 0.544. The van der Waals surface area contributed by atoms with Crippen LogP contribution in [0, 0.1) is 5.92 Å². The van der Waals surface area contributed by atoms with E-state index in [1.165, 1.54) is 154 Å². The minimum Gasteiger partial charge on any atom is -0.378 e. The van der Waals surface area contributed by atoms with Crippen molar-refractivity contribution in [1.29, 1.82) is 0 Å². The lowest BCUT2D eigenvalue weighted by molar-refractivity contribution is 0.0400. The van der Waals surface area contributed by atoms with Gasteiger partial charge in [-0.05, 0) is 50.9 Å². The zero-order valence-electron chi connectivity index (χ0n) is 21.9. The average molecular weight is 451 g/mol. The molecule has 2 saturated carbocycles. The van der Waals surface area contributed by atoms with E-state index in [9.17, 15) is 0 Å². The second-order valence-electron chi connectivity index (χ2n) is 11.0. The van der Waals surface area contributed by atoms with Crippen LogP contribution >= 0.6 is 0 Å². The molecule has 0 amide bonds. The van der Waals surface area contributed by atoms with Gasteiger partial charge in [-0.2, -0.15) is 0 Å². The summed E-state index contributed by atoms with van der Waals surface area (Å²) in [5, 5.41) is 0. The Morgan fingerprint density at radius 2 is 1.00 bits per heavy atom. The second-order valence-corrected chi connectivity index (χ2v) is 11.0. The Hall–Kier alpha value is -0.0800. The van der Waals surface area contributed by atoms with Crippen molar-refractivity contribution in [3.8, 4) is 0 Å². The average Bonchev–Trinajstić information content (AvgIpc) is 3.48. The van der Waals surface area contributed by atoms with Crippen molar-refractivity contribution in [2.24, 2.45) is 5.92 Å². The summed E-state index contributed by atoms with van der Waals surface area (Å²) in [7, 11) is 0. The number of hydrogen-bond acceptors (Lipinski definition) is 2. The van der Waals surface area contributed by atoms with E-state index in [-0.39, 0.29) is 0 Å². The Kier molecular flexibility index (Phi) is 17.9. The van der Waals surface area contributed by atoms with E-state index in [1.807, 2.05) is 0 Å². The van der Waals surface area contributed by atoms with Crippen LogP contribution in [-0.4, -0.2) is 25.4 Å². The quantitative estimate of drug-likeness (QED) is 0.153. The highest BCUT2D eigenvalue weighted by molar-refractivity contribution is 4.76. The first-order valence-corrected chi connectivity index (χ1v) is 15.1. The molecule has 2 aliphatic rings. The first kappa shape index (κ1) is 28.2. The van der Waals surface area contributed by atoms with E-state index in [0.717, 1.165) is 19.1 Å². The Bertz CT molecular complexity index is 390. The van der Waals surface area contributed by atoms with Crippen molar-refractivity contribution in [2.45, 2.75) is 173 Å². The van der Waals surface area contributed by atoms with E-state index in [0.29, 0.717) is 12.2 Å². The van der Waals surface area contributed by atoms with Crippen LogP contribution in [0.1, 0.15) is 161 Å². The Morgan fingerprint density at radius 1 is 0.500 bits per heavy atom. The smallest absolute Gasteiger partial charge is 0.0577 e. The Morgan fingerprint density at radius 3 is 1.56 bits per heavy atom. The fourth-order valence-corrected chi connectivity index (χ4v) is 5.80. The van der Waals surface area contributed by atoms with Crippen LogP contribution in [-0.2, 0) is 9.47 Å². The highest BCUT2D eigenvalue weighted by Gasteiger charge is 2.25. The lowest BCUT2D eigenvalue weighted by atomic mass is 10.0. The number of rotatable bonds is 22. The molecule has 0 aromatic rings. The summed E-state index contributed by atoms with van der Waals surface area (Å²) in [6.07, 6.45) is 34.6. The van der Waals surface area contributed by atoms with Gasteiger partial charge < -0.3 is 9.47 Å². The summed E-state index contributed by atoms with van der Waals surface area (Å²) in [5.41, 5.74) is 0. The molecule has 2 unspecified atom stereocenters. The molecule has 0 aromatic heterocycles. The van der Waals surface area contributed by atoms with Crippen LogP contribution in [0.5, 0.6) is 0 Å². The molecular formula is C30H58O2. The molecule has 2 rings (SSSR count). The maximum Gasteiger partial charge on any atom is 0.0577 e. The summed E-state index contributed by atoms with van der Waals surface area (Å²) in [6.45, 7) is 4.28. The highest BCUT2D eigenvalue weighted by Crippen LogP contribution is 2.31. The molecular weight excluding hydrogens is 392 g/mol. The van der Waals surface area contributed by atoms with Crippen LogP contribution in [0.3, 0.4) is 0 Å². The summed E-state index contributed by atoms with van der Waals surface area (Å²) in [4.78, 5) is 0. The van der Waals surface area contributed by atoms with Crippen molar-refractivity contribution in [2.75, 3.05) is 13.2 Å². The predicted octanol–water partition coefficient (Wildman–Crippen LogP) is 9.78. The van der Waals surface area contributed by atoms with Crippen molar-refractivity contribution in [3.63, 3.8) is 0 Å². The summed E-state index contributed by atoms with van der Waals surface area (Å²) >= 11 is 0. The maximum absolute atomic E-state index is 6.19. The lowest BCUT2D eigenvalue weighted by Gasteiger charge is -2.15. The van der Waals surface area contributed by atoms with Gasteiger partial charge in [-0.1, -0.05) is 116 Å². The van der Waals surface area contributed by atoms with Crippen molar-refractivity contribution < 1.29 is 9.47 Å². The minimum absolute atomic E-state index is 0.544. The number of unbranched alkanes of at least 4 members (excludes halogenated alkanes) is 15. The van der Waals surface area contributed by atoms with Gasteiger partial charge in [-0.25, -0.2) is 0 Å². The molecule has 2 heteroatoms. The standard InChI is InChI=1S/C30H58O2/c1-2-3-4-5-6-7-8-9-10-11-12-13-14-15-16-19-25-31-30-23-22-28(27-30)24-26-32-29-20-17-18-21-29/h28-30H,2-27H2,1H3. The monoisotopic (exact) mass is 450 g/mol. The van der Waals surface area contributed by atoms with E-state index < -0.39 is 0 Å². The molecule has 2 nitrogen and oxygen atoms in total. The van der Waals surface area contributed by atoms with Gasteiger partial charge in [0.25, 0.3) is 0 Å². The molecule has 32 heavy (non-hydrogen) atoms. The lowest BCUT2D eigenvalue weighted by Crippen LogP contribution is -2.12. The third kappa shape index (κ3) is 14.9. The summed E-state index contributed by atoms with van der Waals surface area (Å²) in [6, 6.07) is 0. The zero-order chi connectivity index (χ0) is 22.5. The molecule has 190 valence electrons. The Labute approximate surface area is 202 Å². The summed E-state index contributed by atoms with van der Waals surface area (Å²) in [5.74, 6) is 0.854. The van der Waals surface area contributed by atoms with Gasteiger partial charge in [0.15, 0.2) is 0 Å². The summed E-state index contributed by atoms with van der Waals surface area (Å²) < 4.78 is 12.2. The van der Waals surface area contributed by atoms with E-state index >= 15 is 0 Å². The third-order valence-electron chi connectivity index (χ3n) is 8.03. The SMILES string of the molecule is CCCCCCCCCCCCCCCCCCOC1CCC(CCOC2CCCC2)C1. The van der Waals surface area contributed by atoms with Crippen LogP contribution in [0.15, 0.2) is 0 Å². The first-order chi connectivity index (χ1) is 15.9. The van der Waals surface area contributed by atoms with E-state index in [1.54, 1.807) is 0 Å². The number of ether oxygens (including phenoxy) is 2. The highest BCUT2D eigenvalue weighted by atomic mass is 16.5. The van der Waals surface area contributed by atoms with Gasteiger partial charge in [-0.3, -0.25) is 0 Å². The molecule has 2 atom stereocenters. The van der Waals surface area contributed by atoms with Crippen LogP contribution in [0.4, 0.5) is 0 Å². The van der Waals surface area contributed by atoms with Crippen LogP contribution < -0.4 is 0 Å². The molecule has 0 aliphatic heterocycles. The molecule has 0 bridgehead atoms. The second kappa shape index (κ2) is 20.3. The molecule has 0 aromatic carbocycles. The molecule has 0 saturated heterocycles. The van der Waals surface area contributed by atoms with Crippen LogP contribution in [0.25, 0.3) is 0 Å². The molecule has 2 fully saturated rings. The third-order valence-corrected chi connectivity index (χ3v) is 8.03. The van der Waals surface area contributed by atoms with Crippen molar-refractivity contribution >= 4 is 0 Å². The van der Waals surface area contributed by atoms with Gasteiger partial charge in [-0.15, -0.1) is 0 Å². The molecule has 0 radical (unpaired) electrons. The molecule has 2 aliphatic carbocycles.